The zero-order valence-corrected chi connectivity index (χ0v) is 7.78. The maximum Gasteiger partial charge on any atom is 0.445 e. The zero-order chi connectivity index (χ0) is 10.9. The summed E-state index contributed by atoms with van der Waals surface area (Å²) in [6.45, 7) is 7.36. The van der Waals surface area contributed by atoms with Crippen LogP contribution in [0.15, 0.2) is 25.7 Å². The molecule has 0 spiro atoms. The van der Waals surface area contributed by atoms with Crippen LogP contribution in [0.3, 0.4) is 0 Å². The fraction of sp³-hybridized carbons (Fsp3) is 0.167. The van der Waals surface area contributed by atoms with Gasteiger partial charge < -0.3 is 8.92 Å². The second kappa shape index (κ2) is 7.32. The summed E-state index contributed by atoms with van der Waals surface area (Å²) in [7, 11) is -4.29. The molecular weight excluding hydrogens is 200 g/mol. The van der Waals surface area contributed by atoms with Gasteiger partial charge in [0.05, 0.1) is 6.26 Å². The Morgan fingerprint density at radius 2 is 1.85 bits per heavy atom. The van der Waals surface area contributed by atoms with Crippen molar-refractivity contribution in [3.63, 3.8) is 0 Å². The molecule has 0 fully saturated rings. The number of esters is 1. The average Bonchev–Trinajstić information content (AvgIpc) is 1.84. The largest absolute Gasteiger partial charge is 0.445 e. The third-order valence-electron chi connectivity index (χ3n) is 0.439. The van der Waals surface area contributed by atoms with Crippen molar-refractivity contribution in [2.24, 2.45) is 0 Å². The van der Waals surface area contributed by atoms with Gasteiger partial charge in [0.2, 0.25) is 0 Å². The molecule has 0 aromatic heterocycles. The fourth-order valence-corrected chi connectivity index (χ4v) is 0.375. The Bertz CT molecular complexity index is 265. The molecule has 0 radical (unpaired) electrons. The van der Waals surface area contributed by atoms with Gasteiger partial charge in [-0.05, 0) is 0 Å². The first-order valence-corrected chi connectivity index (χ1v) is 4.24. The van der Waals surface area contributed by atoms with Crippen LogP contribution >= 0.6 is 0 Å². The molecule has 1 N–H and O–H groups in total. The normalized spacial score (nSPS) is 8.77. The Kier molecular flexibility index (Phi) is 7.99. The van der Waals surface area contributed by atoms with E-state index in [0.717, 1.165) is 6.26 Å². The average molecular weight is 210 g/mol. The van der Waals surface area contributed by atoms with Gasteiger partial charge in [0.1, 0.15) is 6.26 Å². The van der Waals surface area contributed by atoms with E-state index >= 15 is 0 Å². The SMILES string of the molecule is C=COC(C)=O.C=COS(=O)(=O)O. The molecule has 0 saturated carbocycles. The summed E-state index contributed by atoms with van der Waals surface area (Å²) < 4.78 is 34.4. The van der Waals surface area contributed by atoms with Crippen LogP contribution < -0.4 is 0 Å². The summed E-state index contributed by atoms with van der Waals surface area (Å²) in [5, 5.41) is 0. The molecular formula is C6H10O6S. The van der Waals surface area contributed by atoms with Crippen molar-refractivity contribution in [3.8, 4) is 0 Å². The Labute approximate surface area is 76.4 Å². The van der Waals surface area contributed by atoms with Crippen LogP contribution in [-0.4, -0.2) is 18.9 Å². The Hall–Kier alpha value is -1.34. The molecule has 6 nitrogen and oxygen atoms in total. The van der Waals surface area contributed by atoms with Gasteiger partial charge >= 0.3 is 16.4 Å². The second-order valence-corrected chi connectivity index (χ2v) is 2.51. The molecule has 0 rings (SSSR count). The molecule has 0 aliphatic carbocycles. The lowest BCUT2D eigenvalue weighted by molar-refractivity contribution is -0.135. The topological polar surface area (TPSA) is 89.9 Å². The lowest BCUT2D eigenvalue weighted by atomic mass is 10.8. The minimum absolute atomic E-state index is 0.329. The highest BCUT2D eigenvalue weighted by atomic mass is 32.3. The minimum atomic E-state index is -4.29. The number of hydrogen-bond acceptors (Lipinski definition) is 5. The third-order valence-corrected chi connectivity index (χ3v) is 0.818. The van der Waals surface area contributed by atoms with Crippen LogP contribution in [0.5, 0.6) is 0 Å². The van der Waals surface area contributed by atoms with Crippen LogP contribution in [0.4, 0.5) is 0 Å². The van der Waals surface area contributed by atoms with Crippen LogP contribution in [0.25, 0.3) is 0 Å². The van der Waals surface area contributed by atoms with Crippen molar-refractivity contribution in [1.29, 1.82) is 0 Å². The first kappa shape index (κ1) is 14.2. The second-order valence-electron chi connectivity index (χ2n) is 1.47. The highest BCUT2D eigenvalue weighted by Gasteiger charge is 1.96. The molecule has 0 atom stereocenters. The summed E-state index contributed by atoms with van der Waals surface area (Å²) in [5.41, 5.74) is 0. The quantitative estimate of drug-likeness (QED) is 0.417. The molecule has 0 amide bonds. The highest BCUT2D eigenvalue weighted by molar-refractivity contribution is 7.81. The van der Waals surface area contributed by atoms with Crippen LogP contribution in [-0.2, 0) is 24.1 Å². The van der Waals surface area contributed by atoms with E-state index in [-0.39, 0.29) is 5.97 Å². The standard InChI is InChI=1S/C4H6O2.C2H4O4S/c1-3-6-4(2)5;1-2-6-7(3,4)5/h3H,1H2,2H3;2H,1H2,(H,3,4,5). The lowest BCUT2D eigenvalue weighted by Crippen LogP contribution is -1.96. The first-order valence-electron chi connectivity index (χ1n) is 2.88. The smallest absolute Gasteiger partial charge is 0.435 e. The van der Waals surface area contributed by atoms with E-state index < -0.39 is 10.4 Å². The molecule has 0 unspecified atom stereocenters. The third kappa shape index (κ3) is 25.0. The molecule has 13 heavy (non-hydrogen) atoms. The molecule has 7 heteroatoms. The monoisotopic (exact) mass is 210 g/mol. The summed E-state index contributed by atoms with van der Waals surface area (Å²) in [5.74, 6) is -0.329. The van der Waals surface area contributed by atoms with Crippen LogP contribution in [0, 0.1) is 0 Å². The lowest BCUT2D eigenvalue weighted by Gasteiger charge is -1.86. The van der Waals surface area contributed by atoms with Crippen molar-refractivity contribution < 1.29 is 26.7 Å². The van der Waals surface area contributed by atoms with Crippen LogP contribution in [0.2, 0.25) is 0 Å². The molecule has 0 saturated heterocycles. The van der Waals surface area contributed by atoms with E-state index in [1.807, 2.05) is 0 Å². The maximum atomic E-state index is 9.75. The minimum Gasteiger partial charge on any atom is -0.435 e. The van der Waals surface area contributed by atoms with Gasteiger partial charge in [-0.25, -0.2) is 0 Å². The molecule has 0 aliphatic rings. The summed E-state index contributed by atoms with van der Waals surface area (Å²) in [4.78, 5) is 9.75. The fourth-order valence-electron chi connectivity index (χ4n) is 0.203. The number of ether oxygens (including phenoxy) is 1. The van der Waals surface area contributed by atoms with Gasteiger partial charge in [0.15, 0.2) is 0 Å². The van der Waals surface area contributed by atoms with Gasteiger partial charge in [-0.15, -0.1) is 0 Å². The van der Waals surface area contributed by atoms with Gasteiger partial charge in [0.25, 0.3) is 0 Å². The van der Waals surface area contributed by atoms with Crippen LogP contribution in [0.1, 0.15) is 6.92 Å². The van der Waals surface area contributed by atoms with Gasteiger partial charge in [-0.3, -0.25) is 9.35 Å². The Morgan fingerprint density at radius 1 is 1.38 bits per heavy atom. The van der Waals surface area contributed by atoms with Crippen molar-refractivity contribution in [2.45, 2.75) is 6.92 Å². The van der Waals surface area contributed by atoms with E-state index in [0.29, 0.717) is 6.26 Å². The summed E-state index contributed by atoms with van der Waals surface area (Å²) >= 11 is 0. The first-order chi connectivity index (χ1) is 5.83. The van der Waals surface area contributed by atoms with E-state index in [1.54, 1.807) is 0 Å². The Morgan fingerprint density at radius 3 is 1.85 bits per heavy atom. The van der Waals surface area contributed by atoms with E-state index in [1.165, 1.54) is 6.92 Å². The maximum absolute atomic E-state index is 9.75. The highest BCUT2D eigenvalue weighted by Crippen LogP contribution is 1.82. The van der Waals surface area contributed by atoms with Gasteiger partial charge in [-0.1, -0.05) is 13.2 Å². The number of carbonyl (C=O) groups excluding carboxylic acids is 1. The predicted molar refractivity (Wildman–Crippen MR) is 44.8 cm³/mol. The van der Waals surface area contributed by atoms with Crippen molar-refractivity contribution in [3.05, 3.63) is 25.7 Å². The predicted octanol–water partition coefficient (Wildman–Crippen LogP) is 0.642. The van der Waals surface area contributed by atoms with E-state index in [4.69, 9.17) is 4.55 Å². The molecule has 0 aliphatic heterocycles. The zero-order valence-electron chi connectivity index (χ0n) is 6.97. The van der Waals surface area contributed by atoms with Gasteiger partial charge in [0, 0.05) is 6.92 Å². The molecule has 0 aromatic rings. The number of rotatable bonds is 3. The van der Waals surface area contributed by atoms with E-state index in [9.17, 15) is 13.2 Å². The van der Waals surface area contributed by atoms with Crippen molar-refractivity contribution in [2.75, 3.05) is 0 Å². The molecule has 76 valence electrons. The van der Waals surface area contributed by atoms with Gasteiger partial charge in [-0.2, -0.15) is 8.42 Å². The van der Waals surface area contributed by atoms with E-state index in [2.05, 4.69) is 22.1 Å². The van der Waals surface area contributed by atoms with Crippen molar-refractivity contribution in [1.82, 2.24) is 0 Å². The Balaban J connectivity index is 0. The number of hydrogen-bond donors (Lipinski definition) is 1. The summed E-state index contributed by atoms with van der Waals surface area (Å²) in [6, 6.07) is 0. The van der Waals surface area contributed by atoms with Crippen molar-refractivity contribution >= 4 is 16.4 Å². The number of carbonyl (C=O) groups is 1. The molecule has 0 aromatic carbocycles. The molecule has 0 heterocycles. The summed E-state index contributed by atoms with van der Waals surface area (Å²) in [6.07, 6.45) is 1.72. The molecule has 0 bridgehead atoms.